The van der Waals surface area contributed by atoms with Gasteiger partial charge in [0.05, 0.1) is 5.56 Å². The molecule has 0 bridgehead atoms. The third-order valence-corrected chi connectivity index (χ3v) is 1.75. The fourth-order valence-electron chi connectivity index (χ4n) is 0.754. The number of nitriles is 1. The van der Waals surface area contributed by atoms with Crippen LogP contribution in [-0.2, 0) is 6.67 Å². The van der Waals surface area contributed by atoms with E-state index in [2.05, 4.69) is 4.98 Å². The Morgan fingerprint density at radius 1 is 1.58 bits per heavy atom. The maximum Gasteiger partial charge on any atom is 0.148 e. The van der Waals surface area contributed by atoms with Crippen molar-refractivity contribution in [2.75, 3.05) is 0 Å². The second-order valence-electron chi connectivity index (χ2n) is 2.02. The Labute approximate surface area is 78.5 Å². The first-order chi connectivity index (χ1) is 5.69. The lowest BCUT2D eigenvalue weighted by molar-refractivity contribution is 0.484. The molecule has 1 rings (SSSR count). The van der Waals surface area contributed by atoms with Gasteiger partial charge in [-0.2, -0.15) is 5.26 Å². The molecule has 62 valence electrons. The largest absolute Gasteiger partial charge is 0.246 e. The zero-order chi connectivity index (χ0) is 9.14. The van der Waals surface area contributed by atoms with Crippen LogP contribution in [0.25, 0.3) is 0 Å². The van der Waals surface area contributed by atoms with E-state index in [0.29, 0.717) is 0 Å². The van der Waals surface area contributed by atoms with E-state index in [0.717, 1.165) is 0 Å². The molecule has 0 aliphatic heterocycles. The minimum Gasteiger partial charge on any atom is -0.246 e. The molecule has 0 aliphatic rings. The first-order valence-corrected chi connectivity index (χ1v) is 3.75. The molecule has 1 aromatic rings. The lowest BCUT2D eigenvalue weighted by Crippen LogP contribution is -1.91. The molecule has 0 spiro atoms. The molecule has 0 aromatic carbocycles. The Hall–Kier alpha value is -0.850. The second-order valence-corrected chi connectivity index (χ2v) is 2.76. The molecular formula is C7H3Cl2FN2. The summed E-state index contributed by atoms with van der Waals surface area (Å²) in [5.41, 5.74) is 0.214. The molecule has 0 N–H and O–H groups in total. The van der Waals surface area contributed by atoms with Crippen molar-refractivity contribution in [2.24, 2.45) is 0 Å². The number of alkyl halides is 1. The summed E-state index contributed by atoms with van der Waals surface area (Å²) in [6.07, 6.45) is 0. The zero-order valence-electron chi connectivity index (χ0n) is 5.81. The molecule has 0 atom stereocenters. The van der Waals surface area contributed by atoms with Crippen molar-refractivity contribution in [2.45, 2.75) is 6.67 Å². The summed E-state index contributed by atoms with van der Waals surface area (Å²) in [6.45, 7) is -0.773. The molecule has 12 heavy (non-hydrogen) atoms. The van der Waals surface area contributed by atoms with Crippen LogP contribution in [0.15, 0.2) is 6.07 Å². The van der Waals surface area contributed by atoms with Crippen LogP contribution in [0, 0.1) is 11.3 Å². The first kappa shape index (κ1) is 9.24. The molecule has 0 saturated heterocycles. The van der Waals surface area contributed by atoms with Crippen LogP contribution in [0.4, 0.5) is 4.39 Å². The van der Waals surface area contributed by atoms with Crippen molar-refractivity contribution < 1.29 is 4.39 Å². The minimum atomic E-state index is -0.773. The summed E-state index contributed by atoms with van der Waals surface area (Å²) in [5, 5.41) is 8.57. The predicted octanol–water partition coefficient (Wildman–Crippen LogP) is 2.73. The number of rotatable bonds is 1. The molecule has 0 radical (unpaired) electrons. The van der Waals surface area contributed by atoms with Crippen LogP contribution in [-0.4, -0.2) is 4.98 Å². The second kappa shape index (κ2) is 3.70. The highest BCUT2D eigenvalue weighted by atomic mass is 35.5. The standard InChI is InChI=1S/C7H3Cl2FN2/c8-6-1-4(2-10)5(3-11)7(9)12-6/h1H,2H2. The van der Waals surface area contributed by atoms with Crippen molar-refractivity contribution in [1.82, 2.24) is 4.98 Å². The van der Waals surface area contributed by atoms with Gasteiger partial charge in [-0.05, 0) is 6.07 Å². The summed E-state index contributed by atoms with van der Waals surface area (Å²) >= 11 is 11.0. The highest BCUT2D eigenvalue weighted by molar-refractivity contribution is 6.33. The van der Waals surface area contributed by atoms with Gasteiger partial charge in [0.25, 0.3) is 0 Å². The average Bonchev–Trinajstić information content (AvgIpc) is 2.03. The van der Waals surface area contributed by atoms with Gasteiger partial charge in [-0.25, -0.2) is 9.37 Å². The molecular weight excluding hydrogens is 202 g/mol. The Bertz CT molecular complexity index is 346. The molecule has 0 unspecified atom stereocenters. The van der Waals surface area contributed by atoms with E-state index in [1.54, 1.807) is 6.07 Å². The van der Waals surface area contributed by atoms with E-state index in [-0.39, 0.29) is 21.4 Å². The molecule has 1 heterocycles. The van der Waals surface area contributed by atoms with Gasteiger partial charge in [-0.3, -0.25) is 0 Å². The molecule has 0 fully saturated rings. The van der Waals surface area contributed by atoms with E-state index < -0.39 is 6.67 Å². The first-order valence-electron chi connectivity index (χ1n) is 3.00. The number of nitrogens with zero attached hydrogens (tertiary/aromatic N) is 2. The van der Waals surface area contributed by atoms with Crippen molar-refractivity contribution in [3.63, 3.8) is 0 Å². The maximum absolute atomic E-state index is 12.2. The topological polar surface area (TPSA) is 36.7 Å². The summed E-state index contributed by atoms with van der Waals surface area (Å²) in [6, 6.07) is 3.03. The van der Waals surface area contributed by atoms with Gasteiger partial charge in [-0.1, -0.05) is 23.2 Å². The minimum absolute atomic E-state index is 0.0450. The van der Waals surface area contributed by atoms with Crippen LogP contribution in [0.3, 0.4) is 0 Å². The van der Waals surface area contributed by atoms with Crippen molar-refractivity contribution in [3.05, 3.63) is 27.5 Å². The molecule has 5 heteroatoms. The molecule has 2 nitrogen and oxygen atoms in total. The Balaban J connectivity index is 3.36. The number of halogens is 3. The third-order valence-electron chi connectivity index (χ3n) is 1.28. The van der Waals surface area contributed by atoms with E-state index in [1.165, 1.54) is 6.07 Å². The highest BCUT2D eigenvalue weighted by Crippen LogP contribution is 2.21. The molecule has 0 aliphatic carbocycles. The van der Waals surface area contributed by atoms with E-state index >= 15 is 0 Å². The quantitative estimate of drug-likeness (QED) is 0.660. The summed E-state index contributed by atoms with van der Waals surface area (Å²) < 4.78 is 12.2. The van der Waals surface area contributed by atoms with Gasteiger partial charge in [-0.15, -0.1) is 0 Å². The SMILES string of the molecule is N#Cc1c(CF)cc(Cl)nc1Cl. The maximum atomic E-state index is 12.2. The van der Waals surface area contributed by atoms with Gasteiger partial charge in [0.1, 0.15) is 23.1 Å². The van der Waals surface area contributed by atoms with Crippen molar-refractivity contribution >= 4 is 23.2 Å². The molecule has 0 amide bonds. The zero-order valence-corrected chi connectivity index (χ0v) is 7.32. The summed E-state index contributed by atoms with van der Waals surface area (Å²) in [4.78, 5) is 3.59. The van der Waals surface area contributed by atoms with Crippen LogP contribution in [0.5, 0.6) is 0 Å². The van der Waals surface area contributed by atoms with Gasteiger partial charge < -0.3 is 0 Å². The number of aromatic nitrogens is 1. The van der Waals surface area contributed by atoms with Gasteiger partial charge in [0.2, 0.25) is 0 Å². The highest BCUT2D eigenvalue weighted by Gasteiger charge is 2.09. The fraction of sp³-hybridized carbons (Fsp3) is 0.143. The molecule has 0 saturated carbocycles. The number of hydrogen-bond donors (Lipinski definition) is 0. The van der Waals surface area contributed by atoms with Gasteiger partial charge >= 0.3 is 0 Å². The monoisotopic (exact) mass is 204 g/mol. The Kier molecular flexibility index (Phi) is 2.85. The van der Waals surface area contributed by atoms with Crippen molar-refractivity contribution in [1.29, 1.82) is 5.26 Å². The molecule has 1 aromatic heterocycles. The van der Waals surface area contributed by atoms with Gasteiger partial charge in [0, 0.05) is 5.56 Å². The predicted molar refractivity (Wildman–Crippen MR) is 43.8 cm³/mol. The lowest BCUT2D eigenvalue weighted by Gasteiger charge is -2.00. The van der Waals surface area contributed by atoms with Crippen LogP contribution >= 0.6 is 23.2 Å². The smallest absolute Gasteiger partial charge is 0.148 e. The van der Waals surface area contributed by atoms with Crippen molar-refractivity contribution in [3.8, 4) is 6.07 Å². The van der Waals surface area contributed by atoms with E-state index in [9.17, 15) is 4.39 Å². The van der Waals surface area contributed by atoms with Gasteiger partial charge in [0.15, 0.2) is 0 Å². The Morgan fingerprint density at radius 2 is 2.25 bits per heavy atom. The number of hydrogen-bond acceptors (Lipinski definition) is 2. The van der Waals surface area contributed by atoms with Crippen LogP contribution in [0.1, 0.15) is 11.1 Å². The van der Waals surface area contributed by atoms with E-state index in [1.807, 2.05) is 0 Å². The fourth-order valence-corrected chi connectivity index (χ4v) is 1.27. The lowest BCUT2D eigenvalue weighted by atomic mass is 10.2. The Morgan fingerprint density at radius 3 is 2.75 bits per heavy atom. The summed E-state index contributed by atoms with van der Waals surface area (Å²) in [5.74, 6) is 0. The van der Waals surface area contributed by atoms with Crippen LogP contribution in [0.2, 0.25) is 10.3 Å². The van der Waals surface area contributed by atoms with Crippen LogP contribution < -0.4 is 0 Å². The number of pyridine rings is 1. The van der Waals surface area contributed by atoms with E-state index in [4.69, 9.17) is 28.5 Å². The summed E-state index contributed by atoms with van der Waals surface area (Å²) in [7, 11) is 0. The third kappa shape index (κ3) is 1.66. The normalized spacial score (nSPS) is 9.50. The average molecular weight is 205 g/mol.